The molecule has 0 aliphatic heterocycles. The van der Waals surface area contributed by atoms with Crippen molar-refractivity contribution >= 4 is 9.84 Å². The summed E-state index contributed by atoms with van der Waals surface area (Å²) in [6.45, 7) is 0. The highest BCUT2D eigenvalue weighted by molar-refractivity contribution is 7.90. The van der Waals surface area contributed by atoms with Crippen molar-refractivity contribution in [3.63, 3.8) is 0 Å². The molecule has 0 aliphatic carbocycles. The molecule has 1 radical (unpaired) electrons. The van der Waals surface area contributed by atoms with E-state index in [1.807, 2.05) is 12.1 Å². The molecule has 0 aliphatic rings. The maximum atomic E-state index is 11.4. The molecule has 2 rings (SSSR count). The average molecular weight is 261 g/mol. The number of hydrogen-bond acceptors (Lipinski definition) is 3. The van der Waals surface area contributed by atoms with Gasteiger partial charge in [0, 0.05) is 11.8 Å². The van der Waals surface area contributed by atoms with Gasteiger partial charge in [-0.3, -0.25) is 0 Å². The van der Waals surface area contributed by atoms with Crippen LogP contribution in [-0.2, 0) is 9.84 Å². The normalized spacial score (nSPS) is 11.2. The smallest absolute Gasteiger partial charge is 0.175 e. The third kappa shape index (κ3) is 2.54. The first-order valence-corrected chi connectivity index (χ1v) is 7.26. The molecule has 2 aromatic carbocycles. The number of hydrogen-bond donors (Lipinski definition) is 0. The van der Waals surface area contributed by atoms with Gasteiger partial charge in [0.05, 0.1) is 12.0 Å². The summed E-state index contributed by atoms with van der Waals surface area (Å²) in [4.78, 5) is 0.307. The molecule has 0 N–H and O–H groups in total. The Morgan fingerprint density at radius 1 is 1.11 bits per heavy atom. The molecule has 4 heteroatoms. The van der Waals surface area contributed by atoms with Crippen molar-refractivity contribution in [1.82, 2.24) is 0 Å². The summed E-state index contributed by atoms with van der Waals surface area (Å²) in [6, 6.07) is 15.3. The van der Waals surface area contributed by atoms with E-state index < -0.39 is 9.84 Å². The van der Waals surface area contributed by atoms with Crippen LogP contribution < -0.4 is 4.74 Å². The minimum atomic E-state index is -3.16. The molecular weight excluding hydrogens is 248 g/mol. The van der Waals surface area contributed by atoms with Crippen molar-refractivity contribution in [3.8, 4) is 16.9 Å². The monoisotopic (exact) mass is 261 g/mol. The third-order valence-electron chi connectivity index (χ3n) is 2.61. The lowest BCUT2D eigenvalue weighted by molar-refractivity contribution is 0.416. The van der Waals surface area contributed by atoms with E-state index in [0.717, 1.165) is 11.1 Å². The van der Waals surface area contributed by atoms with E-state index in [0.29, 0.717) is 10.6 Å². The maximum absolute atomic E-state index is 11.4. The molecule has 0 bridgehead atoms. The Bertz CT molecular complexity index is 643. The SMILES string of the molecule is COc1ccc[c]c1-c1ccc(S(C)(=O)=O)cc1. The van der Waals surface area contributed by atoms with E-state index in [-0.39, 0.29) is 0 Å². The van der Waals surface area contributed by atoms with Gasteiger partial charge < -0.3 is 4.74 Å². The Morgan fingerprint density at radius 2 is 1.78 bits per heavy atom. The number of rotatable bonds is 3. The molecule has 0 amide bonds. The molecule has 0 unspecified atom stereocenters. The second-order valence-electron chi connectivity index (χ2n) is 3.91. The minimum Gasteiger partial charge on any atom is -0.496 e. The van der Waals surface area contributed by atoms with Crippen LogP contribution >= 0.6 is 0 Å². The zero-order chi connectivity index (χ0) is 13.2. The van der Waals surface area contributed by atoms with Gasteiger partial charge in [0.15, 0.2) is 9.84 Å². The lowest BCUT2D eigenvalue weighted by Crippen LogP contribution is -1.96. The molecule has 0 atom stereocenters. The highest BCUT2D eigenvalue weighted by Gasteiger charge is 2.09. The standard InChI is InChI=1S/C14H13O3S/c1-17-14-6-4-3-5-13(14)11-7-9-12(10-8-11)18(2,15)16/h3-4,6-10H,1-2H3. The largest absolute Gasteiger partial charge is 0.496 e. The minimum absolute atomic E-state index is 0.307. The fourth-order valence-corrected chi connectivity index (χ4v) is 2.32. The lowest BCUT2D eigenvalue weighted by atomic mass is 10.1. The van der Waals surface area contributed by atoms with E-state index in [1.54, 1.807) is 37.4 Å². The average Bonchev–Trinajstić information content (AvgIpc) is 2.38. The molecule has 0 fully saturated rings. The van der Waals surface area contributed by atoms with Crippen molar-refractivity contribution in [2.45, 2.75) is 4.90 Å². The van der Waals surface area contributed by atoms with E-state index in [2.05, 4.69) is 6.07 Å². The van der Waals surface area contributed by atoms with E-state index in [4.69, 9.17) is 4.74 Å². The van der Waals surface area contributed by atoms with Crippen LogP contribution in [0.1, 0.15) is 0 Å². The van der Waals surface area contributed by atoms with Crippen LogP contribution in [0, 0.1) is 6.07 Å². The van der Waals surface area contributed by atoms with Crippen molar-refractivity contribution in [2.24, 2.45) is 0 Å². The van der Waals surface area contributed by atoms with Gasteiger partial charge in [-0.25, -0.2) is 8.42 Å². The predicted octanol–water partition coefficient (Wildman–Crippen LogP) is 2.57. The van der Waals surface area contributed by atoms with E-state index in [9.17, 15) is 8.42 Å². The number of sulfone groups is 1. The van der Waals surface area contributed by atoms with E-state index >= 15 is 0 Å². The Morgan fingerprint density at radius 3 is 2.33 bits per heavy atom. The molecule has 3 nitrogen and oxygen atoms in total. The Labute approximate surface area is 107 Å². The highest BCUT2D eigenvalue weighted by atomic mass is 32.2. The first-order chi connectivity index (χ1) is 8.52. The summed E-state index contributed by atoms with van der Waals surface area (Å²) < 4.78 is 28.0. The van der Waals surface area contributed by atoms with Crippen molar-refractivity contribution in [2.75, 3.05) is 13.4 Å². The molecule has 2 aromatic rings. The molecule has 93 valence electrons. The van der Waals surface area contributed by atoms with Gasteiger partial charge in [0.25, 0.3) is 0 Å². The lowest BCUT2D eigenvalue weighted by Gasteiger charge is -2.08. The number of ether oxygens (including phenoxy) is 1. The summed E-state index contributed by atoms with van der Waals surface area (Å²) in [5.41, 5.74) is 1.69. The van der Waals surface area contributed by atoms with Crippen LogP contribution in [0.25, 0.3) is 11.1 Å². The quantitative estimate of drug-likeness (QED) is 0.853. The second-order valence-corrected chi connectivity index (χ2v) is 5.93. The Balaban J connectivity index is 2.47. The molecule has 0 spiro atoms. The molecule has 0 saturated heterocycles. The molecule has 0 aromatic heterocycles. The first-order valence-electron chi connectivity index (χ1n) is 5.37. The summed E-state index contributed by atoms with van der Waals surface area (Å²) >= 11 is 0. The van der Waals surface area contributed by atoms with Gasteiger partial charge in [0.2, 0.25) is 0 Å². The zero-order valence-corrected chi connectivity index (χ0v) is 11.0. The van der Waals surface area contributed by atoms with Crippen LogP contribution in [0.3, 0.4) is 0 Å². The second kappa shape index (κ2) is 4.82. The number of benzene rings is 2. The summed E-state index contributed by atoms with van der Waals surface area (Å²) in [7, 11) is -1.56. The van der Waals surface area contributed by atoms with Crippen molar-refractivity contribution in [3.05, 3.63) is 48.5 Å². The molecule has 0 heterocycles. The van der Waals surface area contributed by atoms with Crippen LogP contribution in [0.5, 0.6) is 5.75 Å². The van der Waals surface area contributed by atoms with Crippen LogP contribution in [0.2, 0.25) is 0 Å². The summed E-state index contributed by atoms with van der Waals surface area (Å²) in [5, 5.41) is 0. The fraction of sp³-hybridized carbons (Fsp3) is 0.143. The Kier molecular flexibility index (Phi) is 3.39. The molecule has 0 saturated carbocycles. The predicted molar refractivity (Wildman–Crippen MR) is 70.4 cm³/mol. The zero-order valence-electron chi connectivity index (χ0n) is 10.2. The highest BCUT2D eigenvalue weighted by Crippen LogP contribution is 2.29. The van der Waals surface area contributed by atoms with Gasteiger partial charge in [-0.15, -0.1) is 0 Å². The van der Waals surface area contributed by atoms with E-state index in [1.165, 1.54) is 6.26 Å². The summed E-state index contributed by atoms with van der Waals surface area (Å²) in [6.07, 6.45) is 1.19. The fourth-order valence-electron chi connectivity index (χ4n) is 1.69. The van der Waals surface area contributed by atoms with Crippen molar-refractivity contribution in [1.29, 1.82) is 0 Å². The molecule has 18 heavy (non-hydrogen) atoms. The van der Waals surface area contributed by atoms with Gasteiger partial charge in [0.1, 0.15) is 5.75 Å². The van der Waals surface area contributed by atoms with Gasteiger partial charge >= 0.3 is 0 Å². The van der Waals surface area contributed by atoms with Gasteiger partial charge in [-0.2, -0.15) is 0 Å². The van der Waals surface area contributed by atoms with Crippen LogP contribution in [0.15, 0.2) is 47.4 Å². The topological polar surface area (TPSA) is 43.4 Å². The Hall–Kier alpha value is -1.81. The summed E-state index contributed by atoms with van der Waals surface area (Å²) in [5.74, 6) is 0.713. The number of methoxy groups -OCH3 is 1. The van der Waals surface area contributed by atoms with Gasteiger partial charge in [-0.1, -0.05) is 24.3 Å². The van der Waals surface area contributed by atoms with Crippen LogP contribution in [0.4, 0.5) is 0 Å². The van der Waals surface area contributed by atoms with Gasteiger partial charge in [-0.05, 0) is 29.8 Å². The maximum Gasteiger partial charge on any atom is 0.175 e. The third-order valence-corrected chi connectivity index (χ3v) is 3.74. The van der Waals surface area contributed by atoms with Crippen LogP contribution in [-0.4, -0.2) is 21.8 Å². The molecular formula is C14H13O3S. The first kappa shape index (κ1) is 12.6. The van der Waals surface area contributed by atoms with Crippen molar-refractivity contribution < 1.29 is 13.2 Å².